The van der Waals surface area contributed by atoms with Crippen molar-refractivity contribution in [2.24, 2.45) is 5.92 Å². The van der Waals surface area contributed by atoms with Crippen LogP contribution in [0.4, 0.5) is 14.5 Å². The lowest BCUT2D eigenvalue weighted by Crippen LogP contribution is -2.33. The number of halogens is 2. The van der Waals surface area contributed by atoms with E-state index in [9.17, 15) is 8.78 Å². The van der Waals surface area contributed by atoms with E-state index >= 15 is 0 Å². The fourth-order valence-corrected chi connectivity index (χ4v) is 2.74. The molecule has 0 spiro atoms. The van der Waals surface area contributed by atoms with Gasteiger partial charge in [0.15, 0.2) is 0 Å². The molecule has 1 aromatic rings. The van der Waals surface area contributed by atoms with Gasteiger partial charge < -0.3 is 4.90 Å². The molecule has 1 heterocycles. The molecule has 0 atom stereocenters. The van der Waals surface area contributed by atoms with Crippen molar-refractivity contribution in [2.75, 3.05) is 18.0 Å². The standard InChI is InChI=1S/C15H18F2N2/c1-2-3-11-4-6-19(7-5-11)12-8-14(16)13(10-18)15(17)9-12/h8-9,11H,2-7H2,1H3. The van der Waals surface area contributed by atoms with Gasteiger partial charge in [0.1, 0.15) is 23.3 Å². The Balaban J connectivity index is 2.10. The maximum Gasteiger partial charge on any atom is 0.146 e. The third-order valence-electron chi connectivity index (χ3n) is 3.82. The van der Waals surface area contributed by atoms with E-state index in [0.29, 0.717) is 5.69 Å². The summed E-state index contributed by atoms with van der Waals surface area (Å²) in [5, 5.41) is 8.65. The highest BCUT2D eigenvalue weighted by Crippen LogP contribution is 2.28. The zero-order chi connectivity index (χ0) is 13.8. The van der Waals surface area contributed by atoms with Crippen LogP contribution in [0.1, 0.15) is 38.2 Å². The van der Waals surface area contributed by atoms with Crippen molar-refractivity contribution in [3.63, 3.8) is 0 Å². The maximum atomic E-state index is 13.6. The number of rotatable bonds is 3. The zero-order valence-electron chi connectivity index (χ0n) is 11.1. The smallest absolute Gasteiger partial charge is 0.146 e. The van der Waals surface area contributed by atoms with Crippen molar-refractivity contribution in [2.45, 2.75) is 32.6 Å². The summed E-state index contributed by atoms with van der Waals surface area (Å²) < 4.78 is 27.1. The van der Waals surface area contributed by atoms with Gasteiger partial charge in [-0.25, -0.2) is 8.78 Å². The average molecular weight is 264 g/mol. The fraction of sp³-hybridized carbons (Fsp3) is 0.533. The van der Waals surface area contributed by atoms with Crippen LogP contribution in [0.2, 0.25) is 0 Å². The first-order valence-corrected chi connectivity index (χ1v) is 6.79. The fourth-order valence-electron chi connectivity index (χ4n) is 2.74. The number of nitrogens with zero attached hydrogens (tertiary/aromatic N) is 2. The number of nitriles is 1. The van der Waals surface area contributed by atoms with E-state index < -0.39 is 17.2 Å². The van der Waals surface area contributed by atoms with Crippen molar-refractivity contribution in [3.05, 3.63) is 29.3 Å². The highest BCUT2D eigenvalue weighted by Gasteiger charge is 2.20. The van der Waals surface area contributed by atoms with E-state index in [0.717, 1.165) is 31.8 Å². The first kappa shape index (κ1) is 13.8. The molecular formula is C15H18F2N2. The minimum absolute atomic E-state index is 0.496. The van der Waals surface area contributed by atoms with Crippen LogP contribution in [0, 0.1) is 28.9 Å². The summed E-state index contributed by atoms with van der Waals surface area (Å²) in [6, 6.07) is 4.08. The minimum Gasteiger partial charge on any atom is -0.371 e. The second-order valence-corrected chi connectivity index (χ2v) is 5.12. The first-order valence-electron chi connectivity index (χ1n) is 6.79. The van der Waals surface area contributed by atoms with Crippen LogP contribution in [-0.4, -0.2) is 13.1 Å². The van der Waals surface area contributed by atoms with Crippen LogP contribution in [0.5, 0.6) is 0 Å². The van der Waals surface area contributed by atoms with E-state index in [1.54, 1.807) is 6.07 Å². The number of piperidine rings is 1. The van der Waals surface area contributed by atoms with Crippen molar-refractivity contribution < 1.29 is 8.78 Å². The van der Waals surface area contributed by atoms with Gasteiger partial charge in [-0.1, -0.05) is 19.8 Å². The van der Waals surface area contributed by atoms with Gasteiger partial charge >= 0.3 is 0 Å². The Hall–Kier alpha value is -1.63. The van der Waals surface area contributed by atoms with Gasteiger partial charge in [0.05, 0.1) is 0 Å². The Labute approximate surface area is 112 Å². The molecule has 1 aliphatic heterocycles. The summed E-state index contributed by atoms with van der Waals surface area (Å²) in [5.41, 5.74) is 0.0496. The van der Waals surface area contributed by atoms with Crippen molar-refractivity contribution in [1.82, 2.24) is 0 Å². The van der Waals surface area contributed by atoms with Gasteiger partial charge in [-0.05, 0) is 30.9 Å². The molecule has 102 valence electrons. The van der Waals surface area contributed by atoms with Gasteiger partial charge in [0.2, 0.25) is 0 Å². The summed E-state index contributed by atoms with van der Waals surface area (Å²) in [5.74, 6) is -0.810. The van der Waals surface area contributed by atoms with E-state index in [2.05, 4.69) is 6.92 Å². The number of hydrogen-bond acceptors (Lipinski definition) is 2. The van der Waals surface area contributed by atoms with Crippen molar-refractivity contribution in [1.29, 1.82) is 5.26 Å². The Bertz CT molecular complexity index is 462. The molecule has 0 radical (unpaired) electrons. The lowest BCUT2D eigenvalue weighted by molar-refractivity contribution is 0.378. The molecule has 1 aromatic carbocycles. The van der Waals surface area contributed by atoms with E-state index in [1.807, 2.05) is 4.90 Å². The van der Waals surface area contributed by atoms with Crippen LogP contribution < -0.4 is 4.90 Å². The Morgan fingerprint density at radius 3 is 2.32 bits per heavy atom. The minimum atomic E-state index is -0.770. The highest BCUT2D eigenvalue weighted by atomic mass is 19.1. The topological polar surface area (TPSA) is 27.0 Å². The molecule has 1 aliphatic rings. The Kier molecular flexibility index (Phi) is 4.36. The van der Waals surface area contributed by atoms with Gasteiger partial charge in [-0.2, -0.15) is 5.26 Å². The molecule has 0 N–H and O–H groups in total. The Morgan fingerprint density at radius 1 is 1.26 bits per heavy atom. The van der Waals surface area contributed by atoms with E-state index in [-0.39, 0.29) is 0 Å². The molecule has 0 aliphatic carbocycles. The predicted molar refractivity (Wildman–Crippen MR) is 70.9 cm³/mol. The normalized spacial score (nSPS) is 16.4. The number of benzene rings is 1. The molecular weight excluding hydrogens is 246 g/mol. The lowest BCUT2D eigenvalue weighted by Gasteiger charge is -2.33. The number of anilines is 1. The average Bonchev–Trinajstić information content (AvgIpc) is 2.39. The van der Waals surface area contributed by atoms with E-state index in [4.69, 9.17) is 5.26 Å². The van der Waals surface area contributed by atoms with Gasteiger partial charge in [0.25, 0.3) is 0 Å². The molecule has 0 unspecified atom stereocenters. The molecule has 0 amide bonds. The lowest BCUT2D eigenvalue weighted by atomic mass is 9.92. The molecule has 0 bridgehead atoms. The third-order valence-corrected chi connectivity index (χ3v) is 3.82. The zero-order valence-corrected chi connectivity index (χ0v) is 11.1. The molecule has 2 nitrogen and oxygen atoms in total. The second kappa shape index (κ2) is 6.01. The summed E-state index contributed by atoms with van der Waals surface area (Å²) in [4.78, 5) is 2.00. The van der Waals surface area contributed by atoms with Crippen LogP contribution in [0.15, 0.2) is 12.1 Å². The molecule has 1 fully saturated rings. The maximum absolute atomic E-state index is 13.6. The summed E-state index contributed by atoms with van der Waals surface area (Å²) in [6.45, 7) is 3.84. The Morgan fingerprint density at radius 2 is 1.84 bits per heavy atom. The highest BCUT2D eigenvalue weighted by molar-refractivity contribution is 5.51. The second-order valence-electron chi connectivity index (χ2n) is 5.12. The molecule has 4 heteroatoms. The summed E-state index contributed by atoms with van der Waals surface area (Å²) in [7, 11) is 0. The largest absolute Gasteiger partial charge is 0.371 e. The van der Waals surface area contributed by atoms with Gasteiger partial charge in [-0.15, -0.1) is 0 Å². The van der Waals surface area contributed by atoms with Crippen LogP contribution in [-0.2, 0) is 0 Å². The van der Waals surface area contributed by atoms with Crippen LogP contribution >= 0.6 is 0 Å². The number of hydrogen-bond donors (Lipinski definition) is 0. The monoisotopic (exact) mass is 264 g/mol. The van der Waals surface area contributed by atoms with Gasteiger partial charge in [0, 0.05) is 18.8 Å². The third kappa shape index (κ3) is 3.04. The molecule has 2 rings (SSSR count). The van der Waals surface area contributed by atoms with Crippen molar-refractivity contribution in [3.8, 4) is 6.07 Å². The van der Waals surface area contributed by atoms with Crippen LogP contribution in [0.25, 0.3) is 0 Å². The summed E-state index contributed by atoms with van der Waals surface area (Å²) in [6.07, 6.45) is 4.54. The molecule has 0 aromatic heterocycles. The van der Waals surface area contributed by atoms with Crippen LogP contribution in [0.3, 0.4) is 0 Å². The molecule has 19 heavy (non-hydrogen) atoms. The van der Waals surface area contributed by atoms with E-state index in [1.165, 1.54) is 25.0 Å². The predicted octanol–water partition coefficient (Wildman–Crippen LogP) is 3.85. The molecule has 1 saturated heterocycles. The summed E-state index contributed by atoms with van der Waals surface area (Å²) >= 11 is 0. The first-order chi connectivity index (χ1) is 9.15. The quantitative estimate of drug-likeness (QED) is 0.829. The van der Waals surface area contributed by atoms with Crippen molar-refractivity contribution >= 4 is 5.69 Å². The molecule has 0 saturated carbocycles. The SMILES string of the molecule is CCCC1CCN(c2cc(F)c(C#N)c(F)c2)CC1. The van der Waals surface area contributed by atoms with Gasteiger partial charge in [-0.3, -0.25) is 0 Å².